The van der Waals surface area contributed by atoms with Crippen molar-refractivity contribution in [1.29, 1.82) is 0 Å². The van der Waals surface area contributed by atoms with Gasteiger partial charge < -0.3 is 0 Å². The van der Waals surface area contributed by atoms with E-state index >= 15 is 0 Å². The molecule has 0 spiro atoms. The average molecular weight is 313 g/mol. The molecule has 7 heteroatoms. The summed E-state index contributed by atoms with van der Waals surface area (Å²) in [6.07, 6.45) is 4.51. The highest BCUT2D eigenvalue weighted by molar-refractivity contribution is 7.91. The molecule has 0 aliphatic heterocycles. The normalized spacial score (nSPS) is 13.6. The summed E-state index contributed by atoms with van der Waals surface area (Å²) in [4.78, 5) is 1.07. The number of thiophene rings is 1. The predicted molar refractivity (Wildman–Crippen MR) is 80.6 cm³/mol. The van der Waals surface area contributed by atoms with Crippen LogP contribution >= 0.6 is 11.3 Å². The molecule has 0 aliphatic rings. The van der Waals surface area contributed by atoms with Gasteiger partial charge in [-0.3, -0.25) is 4.68 Å². The van der Waals surface area contributed by atoms with Gasteiger partial charge in [0.25, 0.3) is 0 Å². The van der Waals surface area contributed by atoms with E-state index in [1.54, 1.807) is 16.9 Å². The van der Waals surface area contributed by atoms with E-state index in [0.717, 1.165) is 16.9 Å². The first kappa shape index (κ1) is 15.2. The number of nitrogens with one attached hydrogen (secondary N) is 1. The van der Waals surface area contributed by atoms with Gasteiger partial charge in [0.2, 0.25) is 10.0 Å². The lowest BCUT2D eigenvalue weighted by Gasteiger charge is -2.12. The lowest BCUT2D eigenvalue weighted by Crippen LogP contribution is -2.29. The fourth-order valence-electron chi connectivity index (χ4n) is 1.76. The molecule has 20 heavy (non-hydrogen) atoms. The monoisotopic (exact) mass is 313 g/mol. The Labute approximate surface area is 123 Å². The van der Waals surface area contributed by atoms with Gasteiger partial charge >= 0.3 is 0 Å². The Morgan fingerprint density at radius 3 is 2.75 bits per heavy atom. The summed E-state index contributed by atoms with van der Waals surface area (Å²) in [5.41, 5.74) is 1.06. The van der Waals surface area contributed by atoms with E-state index in [1.807, 2.05) is 33.0 Å². The van der Waals surface area contributed by atoms with Gasteiger partial charge in [-0.25, -0.2) is 13.1 Å². The molecule has 5 nitrogen and oxygen atoms in total. The molecule has 0 aliphatic carbocycles. The Morgan fingerprint density at radius 1 is 1.45 bits per heavy atom. The minimum absolute atomic E-state index is 0.0240. The van der Waals surface area contributed by atoms with Crippen LogP contribution in [-0.2, 0) is 16.4 Å². The Balaban J connectivity index is 2.02. The van der Waals surface area contributed by atoms with Crippen LogP contribution < -0.4 is 4.72 Å². The average Bonchev–Trinajstić information content (AvgIpc) is 3.04. The smallest absolute Gasteiger partial charge is 0.250 e. The minimum atomic E-state index is -3.42. The molecule has 0 saturated carbocycles. The van der Waals surface area contributed by atoms with Crippen LogP contribution in [-0.4, -0.2) is 24.7 Å². The molecule has 0 saturated heterocycles. The van der Waals surface area contributed by atoms with Gasteiger partial charge in [0.1, 0.15) is 4.21 Å². The van der Waals surface area contributed by atoms with Crippen LogP contribution in [0, 0.1) is 6.92 Å². The van der Waals surface area contributed by atoms with E-state index < -0.39 is 10.0 Å². The lowest BCUT2D eigenvalue weighted by molar-refractivity contribution is 0.479. The second-order valence-corrected chi connectivity index (χ2v) is 7.94. The first-order valence-electron chi connectivity index (χ1n) is 6.51. The number of hydrogen-bond donors (Lipinski definition) is 1. The fraction of sp³-hybridized carbons (Fsp3) is 0.462. The Hall–Kier alpha value is -1.18. The molecule has 2 heterocycles. The first-order valence-corrected chi connectivity index (χ1v) is 8.81. The second-order valence-electron chi connectivity index (χ2n) is 4.77. The molecule has 1 N–H and O–H groups in total. The van der Waals surface area contributed by atoms with Crippen LogP contribution in [0.4, 0.5) is 0 Å². The van der Waals surface area contributed by atoms with Gasteiger partial charge in [0.05, 0.1) is 12.2 Å². The molecule has 0 bridgehead atoms. The molecule has 1 atom stereocenters. The standard InChI is InChI=1S/C13H19N3O2S2/c1-4-12-5-6-13(19-12)20(17,18)15-8-11(3)16-9-10(2)7-14-16/h5-7,9,11,15H,4,8H2,1-3H3. The Kier molecular flexibility index (Phi) is 4.62. The number of aromatic nitrogens is 2. The van der Waals surface area contributed by atoms with E-state index in [9.17, 15) is 8.42 Å². The van der Waals surface area contributed by atoms with Gasteiger partial charge in [0, 0.05) is 17.6 Å². The molecular formula is C13H19N3O2S2. The van der Waals surface area contributed by atoms with Crippen LogP contribution in [0.2, 0.25) is 0 Å². The van der Waals surface area contributed by atoms with Gasteiger partial charge in [-0.15, -0.1) is 11.3 Å². The maximum absolute atomic E-state index is 12.2. The summed E-state index contributed by atoms with van der Waals surface area (Å²) in [6, 6.07) is 3.50. The quantitative estimate of drug-likeness (QED) is 0.890. The Morgan fingerprint density at radius 2 is 2.20 bits per heavy atom. The first-order chi connectivity index (χ1) is 9.42. The van der Waals surface area contributed by atoms with E-state index in [2.05, 4.69) is 9.82 Å². The van der Waals surface area contributed by atoms with Crippen molar-refractivity contribution >= 4 is 21.4 Å². The Bertz CT molecular complexity index is 673. The van der Waals surface area contributed by atoms with Crippen molar-refractivity contribution in [3.63, 3.8) is 0 Å². The molecule has 2 aromatic heterocycles. The summed E-state index contributed by atoms with van der Waals surface area (Å²) >= 11 is 1.32. The molecule has 1 unspecified atom stereocenters. The SMILES string of the molecule is CCc1ccc(S(=O)(=O)NCC(C)n2cc(C)cn2)s1. The largest absolute Gasteiger partial charge is 0.268 e. The topological polar surface area (TPSA) is 64.0 Å². The zero-order valence-electron chi connectivity index (χ0n) is 11.8. The third-order valence-corrected chi connectivity index (χ3v) is 6.15. The van der Waals surface area contributed by atoms with E-state index in [4.69, 9.17) is 0 Å². The number of sulfonamides is 1. The predicted octanol–water partition coefficient (Wildman–Crippen LogP) is 2.35. The number of hydrogen-bond acceptors (Lipinski definition) is 4. The van der Waals surface area contributed by atoms with Crippen molar-refractivity contribution < 1.29 is 8.42 Å². The van der Waals surface area contributed by atoms with Crippen LogP contribution in [0.3, 0.4) is 0 Å². The third-order valence-electron chi connectivity index (χ3n) is 3.00. The zero-order chi connectivity index (χ0) is 14.8. The summed E-state index contributed by atoms with van der Waals surface area (Å²) in [6.45, 7) is 6.22. The highest BCUT2D eigenvalue weighted by atomic mass is 32.2. The summed E-state index contributed by atoms with van der Waals surface area (Å²) in [5, 5.41) is 4.19. The highest BCUT2D eigenvalue weighted by Gasteiger charge is 2.18. The number of nitrogens with zero attached hydrogens (tertiary/aromatic N) is 2. The van der Waals surface area contributed by atoms with Crippen LogP contribution in [0.1, 0.15) is 30.3 Å². The summed E-state index contributed by atoms with van der Waals surface area (Å²) in [5.74, 6) is 0. The highest BCUT2D eigenvalue weighted by Crippen LogP contribution is 2.21. The minimum Gasteiger partial charge on any atom is -0.268 e. The van der Waals surface area contributed by atoms with Gasteiger partial charge in [-0.1, -0.05) is 6.92 Å². The molecule has 0 aromatic carbocycles. The van der Waals surface area contributed by atoms with Crippen molar-refractivity contribution in [3.8, 4) is 0 Å². The van der Waals surface area contributed by atoms with Crippen molar-refractivity contribution in [1.82, 2.24) is 14.5 Å². The second kappa shape index (κ2) is 6.07. The van der Waals surface area contributed by atoms with E-state index in [1.165, 1.54) is 11.3 Å². The van der Waals surface area contributed by atoms with Gasteiger partial charge in [-0.05, 0) is 38.0 Å². The molecule has 2 rings (SSSR count). The van der Waals surface area contributed by atoms with Gasteiger partial charge in [-0.2, -0.15) is 5.10 Å². The van der Waals surface area contributed by atoms with Gasteiger partial charge in [0.15, 0.2) is 0 Å². The molecule has 0 fully saturated rings. The van der Waals surface area contributed by atoms with Crippen LogP contribution in [0.25, 0.3) is 0 Å². The fourth-order valence-corrected chi connectivity index (χ4v) is 4.22. The van der Waals surface area contributed by atoms with Crippen molar-refractivity contribution in [2.24, 2.45) is 0 Å². The molecular weight excluding hydrogens is 294 g/mol. The van der Waals surface area contributed by atoms with Crippen molar-refractivity contribution in [2.45, 2.75) is 37.4 Å². The summed E-state index contributed by atoms with van der Waals surface area (Å²) < 4.78 is 29.1. The lowest BCUT2D eigenvalue weighted by atomic mass is 10.3. The molecule has 2 aromatic rings. The maximum Gasteiger partial charge on any atom is 0.250 e. The molecule has 0 radical (unpaired) electrons. The van der Waals surface area contributed by atoms with Crippen molar-refractivity contribution in [2.75, 3.05) is 6.54 Å². The number of aryl methyl sites for hydroxylation is 2. The summed E-state index contributed by atoms with van der Waals surface area (Å²) in [7, 11) is -3.42. The molecule has 110 valence electrons. The maximum atomic E-state index is 12.2. The molecule has 0 amide bonds. The van der Waals surface area contributed by atoms with Crippen LogP contribution in [0.15, 0.2) is 28.7 Å². The van der Waals surface area contributed by atoms with Crippen LogP contribution in [0.5, 0.6) is 0 Å². The zero-order valence-corrected chi connectivity index (χ0v) is 13.5. The van der Waals surface area contributed by atoms with Crippen molar-refractivity contribution in [3.05, 3.63) is 35.0 Å². The third kappa shape index (κ3) is 3.47. The number of rotatable bonds is 6. The van der Waals surface area contributed by atoms with E-state index in [-0.39, 0.29) is 6.04 Å². The van der Waals surface area contributed by atoms with E-state index in [0.29, 0.717) is 10.8 Å².